The highest BCUT2D eigenvalue weighted by atomic mass is 32.1. The van der Waals surface area contributed by atoms with Gasteiger partial charge in [0.05, 0.1) is 18.3 Å². The fraction of sp³-hybridized carbons (Fsp3) is 0.412. The van der Waals surface area contributed by atoms with Gasteiger partial charge < -0.3 is 19.5 Å². The van der Waals surface area contributed by atoms with E-state index in [4.69, 9.17) is 4.74 Å². The highest BCUT2D eigenvalue weighted by molar-refractivity contribution is 7.09. The van der Waals surface area contributed by atoms with Gasteiger partial charge in [0.15, 0.2) is 16.3 Å². The smallest absolute Gasteiger partial charge is 0.395 e. The predicted molar refractivity (Wildman–Crippen MR) is 94.6 cm³/mol. The first-order valence-electron chi connectivity index (χ1n) is 8.25. The number of methoxy groups -OCH3 is 1. The highest BCUT2D eigenvalue weighted by Crippen LogP contribution is 2.41. The third kappa shape index (κ3) is 4.45. The number of aryl methyl sites for hydroxylation is 1. The second-order valence-corrected chi connectivity index (χ2v) is 7.13. The molecule has 0 radical (unpaired) electrons. The van der Waals surface area contributed by atoms with E-state index in [1.807, 2.05) is 13.8 Å². The number of hydrogen-bond acceptors (Lipinski definition) is 5. The Kier molecular flexibility index (Phi) is 5.47. The zero-order chi connectivity index (χ0) is 19.6. The first kappa shape index (κ1) is 19.3. The normalized spacial score (nSPS) is 16.4. The van der Waals surface area contributed by atoms with Crippen LogP contribution in [0.2, 0.25) is 0 Å². The average molecular weight is 399 g/mol. The molecule has 0 saturated carbocycles. The number of carbonyl (C=O) groups is 1. The molecule has 3 rings (SSSR count). The summed E-state index contributed by atoms with van der Waals surface area (Å²) >= 11 is 1.30. The van der Waals surface area contributed by atoms with Crippen molar-refractivity contribution in [3.8, 4) is 17.2 Å². The van der Waals surface area contributed by atoms with Crippen molar-refractivity contribution in [2.24, 2.45) is 4.99 Å². The van der Waals surface area contributed by atoms with Crippen LogP contribution >= 0.6 is 11.3 Å². The van der Waals surface area contributed by atoms with Crippen molar-refractivity contribution in [2.75, 3.05) is 13.7 Å². The Morgan fingerprint density at radius 3 is 2.85 bits per heavy atom. The van der Waals surface area contributed by atoms with Crippen molar-refractivity contribution in [3.63, 3.8) is 0 Å². The number of rotatable bonds is 5. The maximum absolute atomic E-state index is 13.2. The van der Waals surface area contributed by atoms with Gasteiger partial charge in [0, 0.05) is 24.3 Å². The molecular weight excluding hydrogens is 380 g/mol. The number of thiazole rings is 1. The molecule has 1 aliphatic rings. The summed E-state index contributed by atoms with van der Waals surface area (Å²) < 4.78 is 42.0. The van der Waals surface area contributed by atoms with E-state index in [1.165, 1.54) is 23.5 Å². The van der Waals surface area contributed by atoms with E-state index in [1.54, 1.807) is 23.9 Å². The Morgan fingerprint density at radius 2 is 2.15 bits per heavy atom. The Hall–Kier alpha value is -2.46. The Morgan fingerprint density at radius 1 is 1.41 bits per heavy atom. The Bertz CT molecular complexity index is 910. The van der Waals surface area contributed by atoms with E-state index in [0.717, 1.165) is 4.88 Å². The SMILES string of the molecule is CCC(COC)NC(=O)N=c1sc(C)cn1-c1ccc2c(c1)OC(F)(F)O2. The molecule has 146 valence electrons. The number of aromatic nitrogens is 1. The van der Waals surface area contributed by atoms with Crippen molar-refractivity contribution in [1.29, 1.82) is 0 Å². The molecule has 1 aromatic carbocycles. The number of carbonyl (C=O) groups excluding carboxylic acids is 1. The van der Waals surface area contributed by atoms with Crippen LogP contribution in [-0.4, -0.2) is 36.7 Å². The predicted octanol–water partition coefficient (Wildman–Crippen LogP) is 3.20. The summed E-state index contributed by atoms with van der Waals surface area (Å²) in [4.78, 5) is 17.6. The molecule has 2 amide bonds. The van der Waals surface area contributed by atoms with Gasteiger partial charge in [-0.25, -0.2) is 4.79 Å². The van der Waals surface area contributed by atoms with Crippen molar-refractivity contribution < 1.29 is 27.8 Å². The topological polar surface area (TPSA) is 74.1 Å². The minimum atomic E-state index is -3.68. The van der Waals surface area contributed by atoms with Crippen molar-refractivity contribution >= 4 is 17.4 Å². The van der Waals surface area contributed by atoms with Gasteiger partial charge in [-0.2, -0.15) is 4.99 Å². The molecule has 1 aliphatic heterocycles. The summed E-state index contributed by atoms with van der Waals surface area (Å²) in [6.07, 6.45) is -1.21. The first-order valence-corrected chi connectivity index (χ1v) is 9.06. The minimum absolute atomic E-state index is 0.0436. The standard InChI is InChI=1S/C17H19F2N3O4S/c1-4-11(9-24-3)20-15(23)21-16-22(8-10(2)27-16)12-5-6-13-14(7-12)26-17(18,19)25-13/h5-8,11H,4,9H2,1-3H3,(H,20,23). The summed E-state index contributed by atoms with van der Waals surface area (Å²) in [5.41, 5.74) is 0.523. The third-order valence-corrected chi connectivity index (χ3v) is 4.72. The van der Waals surface area contributed by atoms with E-state index in [9.17, 15) is 13.6 Å². The fourth-order valence-corrected chi connectivity index (χ4v) is 3.39. The van der Waals surface area contributed by atoms with Crippen LogP contribution < -0.4 is 19.6 Å². The molecule has 0 spiro atoms. The molecule has 2 aromatic rings. The molecular formula is C17H19F2N3O4S. The second kappa shape index (κ2) is 7.65. The quantitative estimate of drug-likeness (QED) is 0.838. The molecule has 1 unspecified atom stereocenters. The molecule has 10 heteroatoms. The van der Waals surface area contributed by atoms with Crippen LogP contribution in [0.25, 0.3) is 5.69 Å². The summed E-state index contributed by atoms with van der Waals surface area (Å²) in [6, 6.07) is 3.75. The zero-order valence-corrected chi connectivity index (χ0v) is 15.8. The molecule has 0 aliphatic carbocycles. The molecule has 0 bridgehead atoms. The number of amides is 2. The summed E-state index contributed by atoms with van der Waals surface area (Å²) in [5.74, 6) is -0.117. The number of nitrogens with one attached hydrogen (secondary N) is 1. The van der Waals surface area contributed by atoms with Crippen molar-refractivity contribution in [3.05, 3.63) is 34.1 Å². The lowest BCUT2D eigenvalue weighted by molar-refractivity contribution is -0.286. The van der Waals surface area contributed by atoms with E-state index < -0.39 is 12.3 Å². The van der Waals surface area contributed by atoms with E-state index in [2.05, 4.69) is 19.8 Å². The van der Waals surface area contributed by atoms with Gasteiger partial charge >= 0.3 is 12.3 Å². The number of benzene rings is 1. The lowest BCUT2D eigenvalue weighted by atomic mass is 10.2. The molecule has 1 aromatic heterocycles. The summed E-state index contributed by atoms with van der Waals surface area (Å²) in [6.45, 7) is 4.18. The van der Waals surface area contributed by atoms with Gasteiger partial charge in [0.2, 0.25) is 0 Å². The van der Waals surface area contributed by atoms with Crippen LogP contribution in [0.4, 0.5) is 13.6 Å². The largest absolute Gasteiger partial charge is 0.586 e. The monoisotopic (exact) mass is 399 g/mol. The van der Waals surface area contributed by atoms with Crippen LogP contribution in [0.1, 0.15) is 18.2 Å². The van der Waals surface area contributed by atoms with Crippen LogP contribution in [0.5, 0.6) is 11.5 Å². The van der Waals surface area contributed by atoms with Gasteiger partial charge in [-0.15, -0.1) is 20.1 Å². The lowest BCUT2D eigenvalue weighted by Gasteiger charge is -2.13. The maximum Gasteiger partial charge on any atom is 0.586 e. The van der Waals surface area contributed by atoms with Crippen molar-refractivity contribution in [2.45, 2.75) is 32.6 Å². The van der Waals surface area contributed by atoms with Crippen LogP contribution in [0.15, 0.2) is 29.4 Å². The summed E-state index contributed by atoms with van der Waals surface area (Å²) in [7, 11) is 1.56. The zero-order valence-electron chi connectivity index (χ0n) is 15.0. The number of hydrogen-bond donors (Lipinski definition) is 1. The fourth-order valence-electron chi connectivity index (χ4n) is 2.56. The maximum atomic E-state index is 13.2. The molecule has 1 atom stereocenters. The molecule has 0 fully saturated rings. The minimum Gasteiger partial charge on any atom is -0.395 e. The number of alkyl halides is 2. The van der Waals surface area contributed by atoms with Crippen LogP contribution in [0, 0.1) is 6.92 Å². The van der Waals surface area contributed by atoms with Gasteiger partial charge in [-0.1, -0.05) is 6.92 Å². The van der Waals surface area contributed by atoms with Crippen LogP contribution in [-0.2, 0) is 4.74 Å². The average Bonchev–Trinajstić information content (AvgIpc) is 3.10. The molecule has 0 saturated heterocycles. The number of fused-ring (bicyclic) bond motifs is 1. The molecule has 27 heavy (non-hydrogen) atoms. The highest BCUT2D eigenvalue weighted by Gasteiger charge is 2.43. The Balaban J connectivity index is 1.90. The van der Waals surface area contributed by atoms with Gasteiger partial charge in [-0.05, 0) is 25.5 Å². The number of ether oxygens (including phenoxy) is 3. The van der Waals surface area contributed by atoms with Gasteiger partial charge in [0.25, 0.3) is 0 Å². The molecule has 1 N–H and O–H groups in total. The van der Waals surface area contributed by atoms with E-state index >= 15 is 0 Å². The van der Waals surface area contributed by atoms with E-state index in [-0.39, 0.29) is 17.5 Å². The number of halogens is 2. The first-order chi connectivity index (χ1) is 12.8. The number of nitrogens with zero attached hydrogens (tertiary/aromatic N) is 2. The van der Waals surface area contributed by atoms with Gasteiger partial charge in [0.1, 0.15) is 0 Å². The molecule has 7 nitrogen and oxygen atoms in total. The third-order valence-electron chi connectivity index (χ3n) is 3.82. The van der Waals surface area contributed by atoms with E-state index in [0.29, 0.717) is 23.5 Å². The lowest BCUT2D eigenvalue weighted by Crippen LogP contribution is -2.36. The Labute approximate surface area is 158 Å². The summed E-state index contributed by atoms with van der Waals surface area (Å²) in [5, 5.41) is 2.78. The van der Waals surface area contributed by atoms with Crippen molar-refractivity contribution in [1.82, 2.24) is 9.88 Å². The number of urea groups is 1. The van der Waals surface area contributed by atoms with Crippen LogP contribution in [0.3, 0.4) is 0 Å². The van der Waals surface area contributed by atoms with Gasteiger partial charge in [-0.3, -0.25) is 4.57 Å². The second-order valence-electron chi connectivity index (χ2n) is 5.91. The molecule has 2 heterocycles.